The molecule has 122 valence electrons. The van der Waals surface area contributed by atoms with Crippen molar-refractivity contribution in [3.05, 3.63) is 29.8 Å². The highest BCUT2D eigenvalue weighted by atomic mass is 35.5. The number of anilines is 1. The molecule has 0 bridgehead atoms. The molecular weight excluding hydrogens is 304 g/mol. The number of amides is 3. The number of hydrogen-bond donors (Lipinski definition) is 4. The number of para-hydroxylation sites is 1. The first-order valence-electron chi connectivity index (χ1n) is 7.21. The molecule has 7 heteroatoms. The van der Waals surface area contributed by atoms with Gasteiger partial charge in [0.25, 0.3) is 5.91 Å². The fourth-order valence-corrected chi connectivity index (χ4v) is 2.04. The average molecular weight is 327 g/mol. The van der Waals surface area contributed by atoms with Crippen molar-refractivity contribution in [1.29, 1.82) is 0 Å². The number of carbonyl (C=O) groups is 2. The molecule has 0 saturated carbocycles. The molecule has 0 unspecified atom stereocenters. The first-order chi connectivity index (χ1) is 10.1. The fourth-order valence-electron chi connectivity index (χ4n) is 2.04. The van der Waals surface area contributed by atoms with Crippen LogP contribution in [0.2, 0.25) is 0 Å². The molecule has 0 atom stereocenters. The van der Waals surface area contributed by atoms with E-state index in [4.69, 9.17) is 0 Å². The Morgan fingerprint density at radius 1 is 1.27 bits per heavy atom. The predicted octanol–water partition coefficient (Wildman–Crippen LogP) is 1.59. The third-order valence-corrected chi connectivity index (χ3v) is 3.26. The second-order valence-electron chi connectivity index (χ2n) is 5.53. The van der Waals surface area contributed by atoms with Gasteiger partial charge in [0.1, 0.15) is 0 Å². The molecule has 0 spiro atoms. The van der Waals surface area contributed by atoms with Gasteiger partial charge in [0.15, 0.2) is 0 Å². The van der Waals surface area contributed by atoms with Crippen LogP contribution < -0.4 is 21.3 Å². The van der Waals surface area contributed by atoms with Crippen LogP contribution in [0.25, 0.3) is 0 Å². The highest BCUT2D eigenvalue weighted by Gasteiger charge is 2.19. The van der Waals surface area contributed by atoms with Gasteiger partial charge in [-0.25, -0.2) is 4.79 Å². The topological polar surface area (TPSA) is 82.3 Å². The van der Waals surface area contributed by atoms with Crippen LogP contribution in [0.1, 0.15) is 24.2 Å². The zero-order valence-corrected chi connectivity index (χ0v) is 13.6. The molecule has 0 radical (unpaired) electrons. The summed E-state index contributed by atoms with van der Waals surface area (Å²) in [6.45, 7) is 6.29. The van der Waals surface area contributed by atoms with Crippen molar-refractivity contribution in [1.82, 2.24) is 16.0 Å². The maximum atomic E-state index is 12.2. The lowest BCUT2D eigenvalue weighted by Crippen LogP contribution is -2.48. The summed E-state index contributed by atoms with van der Waals surface area (Å²) in [6, 6.07) is 6.73. The Labute approximate surface area is 136 Å². The van der Waals surface area contributed by atoms with Gasteiger partial charge in [0.2, 0.25) is 0 Å². The minimum absolute atomic E-state index is 0. The zero-order chi connectivity index (χ0) is 15.2. The van der Waals surface area contributed by atoms with E-state index in [0.717, 1.165) is 13.1 Å². The monoisotopic (exact) mass is 326 g/mol. The van der Waals surface area contributed by atoms with E-state index in [1.54, 1.807) is 24.3 Å². The Balaban J connectivity index is 0.00000242. The van der Waals surface area contributed by atoms with E-state index in [-0.39, 0.29) is 30.4 Å². The summed E-state index contributed by atoms with van der Waals surface area (Å²) in [5, 5.41) is 11.5. The van der Waals surface area contributed by atoms with Gasteiger partial charge in [0.05, 0.1) is 11.3 Å². The normalized spacial score (nSPS) is 13.8. The van der Waals surface area contributed by atoms with Crippen molar-refractivity contribution in [2.75, 3.05) is 25.0 Å². The molecule has 1 heterocycles. The Hall–Kier alpha value is -1.79. The van der Waals surface area contributed by atoms with Crippen molar-refractivity contribution < 1.29 is 9.59 Å². The summed E-state index contributed by atoms with van der Waals surface area (Å²) in [6.07, 6.45) is 0. The van der Waals surface area contributed by atoms with Gasteiger partial charge < -0.3 is 21.3 Å². The molecule has 1 saturated heterocycles. The summed E-state index contributed by atoms with van der Waals surface area (Å²) in [5.41, 5.74) is 0.989. The van der Waals surface area contributed by atoms with E-state index in [1.165, 1.54) is 0 Å². The first-order valence-corrected chi connectivity index (χ1v) is 7.21. The number of rotatable bonds is 5. The lowest BCUT2D eigenvalue weighted by atomic mass is 10.0. The third-order valence-electron chi connectivity index (χ3n) is 3.26. The van der Waals surface area contributed by atoms with Gasteiger partial charge in [-0.3, -0.25) is 4.79 Å². The van der Waals surface area contributed by atoms with Crippen molar-refractivity contribution in [3.8, 4) is 0 Å². The van der Waals surface area contributed by atoms with Crippen LogP contribution in [0, 0.1) is 5.92 Å². The third kappa shape index (κ3) is 5.20. The minimum Gasteiger partial charge on any atom is -0.352 e. The maximum absolute atomic E-state index is 12.2. The molecule has 1 aromatic carbocycles. The Kier molecular flexibility index (Phi) is 7.14. The Morgan fingerprint density at radius 2 is 1.95 bits per heavy atom. The largest absolute Gasteiger partial charge is 0.352 e. The van der Waals surface area contributed by atoms with Crippen molar-refractivity contribution in [2.45, 2.75) is 19.9 Å². The highest BCUT2D eigenvalue weighted by molar-refractivity contribution is 6.03. The van der Waals surface area contributed by atoms with Crippen LogP contribution in [-0.4, -0.2) is 37.6 Å². The van der Waals surface area contributed by atoms with Crippen molar-refractivity contribution in [2.24, 2.45) is 5.92 Å². The molecule has 6 nitrogen and oxygen atoms in total. The number of nitrogens with one attached hydrogen (secondary N) is 4. The van der Waals surface area contributed by atoms with Gasteiger partial charge in [-0.05, 0) is 26.0 Å². The van der Waals surface area contributed by atoms with Crippen LogP contribution >= 0.6 is 12.4 Å². The molecule has 1 aliphatic rings. The molecule has 1 aliphatic heterocycles. The number of urea groups is 1. The van der Waals surface area contributed by atoms with E-state index in [1.807, 2.05) is 13.8 Å². The van der Waals surface area contributed by atoms with Gasteiger partial charge in [-0.15, -0.1) is 12.4 Å². The summed E-state index contributed by atoms with van der Waals surface area (Å²) in [7, 11) is 0. The molecule has 1 fully saturated rings. The molecular formula is C15H23ClN4O2. The summed E-state index contributed by atoms with van der Waals surface area (Å²) < 4.78 is 0. The average Bonchev–Trinajstić information content (AvgIpc) is 2.36. The molecule has 22 heavy (non-hydrogen) atoms. The van der Waals surface area contributed by atoms with E-state index in [2.05, 4.69) is 21.3 Å². The molecule has 2 rings (SSSR count). The Bertz CT molecular complexity index is 518. The predicted molar refractivity (Wildman–Crippen MR) is 89.7 cm³/mol. The maximum Gasteiger partial charge on any atom is 0.319 e. The number of carbonyl (C=O) groups excluding carboxylic acids is 2. The van der Waals surface area contributed by atoms with Crippen LogP contribution in [0.4, 0.5) is 10.5 Å². The quantitative estimate of drug-likeness (QED) is 0.663. The number of benzene rings is 1. The Morgan fingerprint density at radius 3 is 2.55 bits per heavy atom. The molecule has 1 aromatic rings. The van der Waals surface area contributed by atoms with Gasteiger partial charge in [-0.1, -0.05) is 12.1 Å². The zero-order valence-electron chi connectivity index (χ0n) is 12.8. The summed E-state index contributed by atoms with van der Waals surface area (Å²) >= 11 is 0. The fraction of sp³-hybridized carbons (Fsp3) is 0.467. The van der Waals surface area contributed by atoms with Crippen LogP contribution in [-0.2, 0) is 0 Å². The van der Waals surface area contributed by atoms with Gasteiger partial charge in [0, 0.05) is 31.6 Å². The van der Waals surface area contributed by atoms with E-state index in [9.17, 15) is 9.59 Å². The van der Waals surface area contributed by atoms with Crippen molar-refractivity contribution >= 4 is 30.0 Å². The van der Waals surface area contributed by atoms with Gasteiger partial charge in [-0.2, -0.15) is 0 Å². The number of halogens is 1. The lowest BCUT2D eigenvalue weighted by Gasteiger charge is -2.27. The standard InChI is InChI=1S/C15H22N4O2.ClH/c1-10(2)18-15(21)19-13-6-4-3-5-12(13)14(20)17-9-11-7-16-8-11;/h3-6,10-11,16H,7-9H2,1-2H3,(H,17,20)(H2,18,19,21);1H. The summed E-state index contributed by atoms with van der Waals surface area (Å²) in [5.74, 6) is 0.334. The molecule has 0 aliphatic carbocycles. The second-order valence-corrected chi connectivity index (χ2v) is 5.53. The smallest absolute Gasteiger partial charge is 0.319 e. The molecule has 3 amide bonds. The van der Waals surface area contributed by atoms with E-state index < -0.39 is 0 Å². The first kappa shape index (κ1) is 18.3. The minimum atomic E-state index is -0.312. The molecule has 0 aromatic heterocycles. The van der Waals surface area contributed by atoms with E-state index in [0.29, 0.717) is 23.7 Å². The van der Waals surface area contributed by atoms with Crippen LogP contribution in [0.5, 0.6) is 0 Å². The number of hydrogen-bond acceptors (Lipinski definition) is 3. The second kappa shape index (κ2) is 8.60. The van der Waals surface area contributed by atoms with Crippen LogP contribution in [0.15, 0.2) is 24.3 Å². The van der Waals surface area contributed by atoms with Gasteiger partial charge >= 0.3 is 6.03 Å². The molecule has 4 N–H and O–H groups in total. The van der Waals surface area contributed by atoms with Crippen LogP contribution in [0.3, 0.4) is 0 Å². The highest BCUT2D eigenvalue weighted by Crippen LogP contribution is 2.15. The van der Waals surface area contributed by atoms with Crippen molar-refractivity contribution in [3.63, 3.8) is 0 Å². The van der Waals surface area contributed by atoms with E-state index >= 15 is 0 Å². The SMILES string of the molecule is CC(C)NC(=O)Nc1ccccc1C(=O)NCC1CNC1.Cl. The lowest BCUT2D eigenvalue weighted by molar-refractivity contribution is 0.0943. The summed E-state index contributed by atoms with van der Waals surface area (Å²) in [4.78, 5) is 24.0.